The van der Waals surface area contributed by atoms with Crippen molar-refractivity contribution >= 4 is 11.3 Å². The van der Waals surface area contributed by atoms with E-state index in [4.69, 9.17) is 0 Å². The highest BCUT2D eigenvalue weighted by Gasteiger charge is 1.95. The molecule has 0 aromatic carbocycles. The molecule has 0 fully saturated rings. The second kappa shape index (κ2) is 2.88. The van der Waals surface area contributed by atoms with Crippen LogP contribution in [0.2, 0.25) is 0 Å². The molecule has 0 aliphatic heterocycles. The van der Waals surface area contributed by atoms with Gasteiger partial charge in [0.15, 0.2) is 0 Å². The Balaban J connectivity index is 2.14. The molecule has 1 N–H and O–H groups in total. The van der Waals surface area contributed by atoms with E-state index in [0.29, 0.717) is 0 Å². The average molecular weight is 164 g/mol. The molecule has 3 heteroatoms. The van der Waals surface area contributed by atoms with Crippen LogP contribution in [0.3, 0.4) is 0 Å². The first-order valence-corrected chi connectivity index (χ1v) is 4.38. The van der Waals surface area contributed by atoms with Crippen LogP contribution in [0.4, 0.5) is 0 Å². The van der Waals surface area contributed by atoms with E-state index in [2.05, 4.69) is 27.0 Å². The zero-order valence-electron chi connectivity index (χ0n) is 5.95. The van der Waals surface area contributed by atoms with Crippen LogP contribution in [-0.2, 0) is 6.42 Å². The number of H-pyrrole nitrogens is 1. The summed E-state index contributed by atoms with van der Waals surface area (Å²) < 4.78 is 0. The van der Waals surface area contributed by atoms with Crippen molar-refractivity contribution in [3.8, 4) is 0 Å². The average Bonchev–Trinajstić information content (AvgIpc) is 2.60. The normalized spacial score (nSPS) is 10.2. The molecule has 0 unspecified atom stereocenters. The molecule has 56 valence electrons. The molecular weight excluding hydrogens is 156 g/mol. The maximum atomic E-state index is 3.88. The lowest BCUT2D eigenvalue weighted by atomic mass is 10.1. The van der Waals surface area contributed by atoms with E-state index in [1.807, 2.05) is 12.4 Å². The van der Waals surface area contributed by atoms with Crippen molar-refractivity contribution in [2.45, 2.75) is 6.42 Å². The number of thiophene rings is 1. The first-order chi connectivity index (χ1) is 5.45. The van der Waals surface area contributed by atoms with Crippen molar-refractivity contribution in [3.05, 3.63) is 40.3 Å². The molecule has 0 saturated heterocycles. The standard InChI is InChI=1S/C8H8N2S/c1-2-11-6-7(1)3-8-4-9-10-5-8/h1-2,4-6H,3H2,(H,9,10). The summed E-state index contributed by atoms with van der Waals surface area (Å²) in [6, 6.07) is 2.14. The molecule has 0 amide bonds. The van der Waals surface area contributed by atoms with Gasteiger partial charge in [-0.2, -0.15) is 16.4 Å². The first kappa shape index (κ1) is 6.61. The van der Waals surface area contributed by atoms with Gasteiger partial charge in [-0.25, -0.2) is 0 Å². The molecule has 0 radical (unpaired) electrons. The number of hydrogen-bond donors (Lipinski definition) is 1. The van der Waals surface area contributed by atoms with Gasteiger partial charge in [-0.1, -0.05) is 0 Å². The van der Waals surface area contributed by atoms with Gasteiger partial charge in [-0.3, -0.25) is 5.10 Å². The molecular formula is C8H8N2S. The molecule has 11 heavy (non-hydrogen) atoms. The number of aromatic nitrogens is 2. The van der Waals surface area contributed by atoms with Crippen molar-refractivity contribution < 1.29 is 0 Å². The lowest BCUT2D eigenvalue weighted by Crippen LogP contribution is -1.80. The number of nitrogens with zero attached hydrogens (tertiary/aromatic N) is 1. The molecule has 0 atom stereocenters. The van der Waals surface area contributed by atoms with Crippen LogP contribution in [0.15, 0.2) is 29.2 Å². The third kappa shape index (κ3) is 1.49. The first-order valence-electron chi connectivity index (χ1n) is 3.44. The number of hydrogen-bond acceptors (Lipinski definition) is 2. The molecule has 2 heterocycles. The van der Waals surface area contributed by atoms with Gasteiger partial charge in [0.05, 0.1) is 6.20 Å². The molecule has 0 aliphatic carbocycles. The second-order valence-electron chi connectivity index (χ2n) is 2.41. The Labute approximate surface area is 68.9 Å². The van der Waals surface area contributed by atoms with Crippen molar-refractivity contribution in [2.24, 2.45) is 0 Å². The van der Waals surface area contributed by atoms with Crippen molar-refractivity contribution in [1.29, 1.82) is 0 Å². The van der Waals surface area contributed by atoms with Crippen molar-refractivity contribution in [2.75, 3.05) is 0 Å². The van der Waals surface area contributed by atoms with Crippen LogP contribution < -0.4 is 0 Å². The van der Waals surface area contributed by atoms with E-state index in [1.54, 1.807) is 11.3 Å². The fourth-order valence-electron chi connectivity index (χ4n) is 1.00. The molecule has 2 rings (SSSR count). The summed E-state index contributed by atoms with van der Waals surface area (Å²) in [5.41, 5.74) is 2.60. The highest BCUT2D eigenvalue weighted by Crippen LogP contribution is 2.10. The highest BCUT2D eigenvalue weighted by atomic mass is 32.1. The summed E-state index contributed by atoms with van der Waals surface area (Å²) in [7, 11) is 0. The number of aromatic amines is 1. The Bertz CT molecular complexity index is 264. The van der Waals surface area contributed by atoms with Gasteiger partial charge >= 0.3 is 0 Å². The smallest absolute Gasteiger partial charge is 0.0522 e. The van der Waals surface area contributed by atoms with Crippen molar-refractivity contribution in [1.82, 2.24) is 10.2 Å². The zero-order valence-corrected chi connectivity index (χ0v) is 6.77. The van der Waals surface area contributed by atoms with Crippen LogP contribution in [-0.4, -0.2) is 10.2 Å². The van der Waals surface area contributed by atoms with Crippen LogP contribution >= 0.6 is 11.3 Å². The summed E-state index contributed by atoms with van der Waals surface area (Å²) in [5, 5.41) is 10.9. The quantitative estimate of drug-likeness (QED) is 0.723. The second-order valence-corrected chi connectivity index (χ2v) is 3.19. The van der Waals surface area contributed by atoms with E-state index < -0.39 is 0 Å². The topological polar surface area (TPSA) is 28.7 Å². The van der Waals surface area contributed by atoms with Crippen molar-refractivity contribution in [3.63, 3.8) is 0 Å². The zero-order chi connectivity index (χ0) is 7.52. The van der Waals surface area contributed by atoms with Crippen LogP contribution in [0.5, 0.6) is 0 Å². The minimum absolute atomic E-state index is 0.986. The van der Waals surface area contributed by atoms with Crippen LogP contribution in [0, 0.1) is 0 Å². The van der Waals surface area contributed by atoms with E-state index >= 15 is 0 Å². The van der Waals surface area contributed by atoms with Gasteiger partial charge in [0.2, 0.25) is 0 Å². The predicted molar refractivity (Wildman–Crippen MR) is 45.7 cm³/mol. The van der Waals surface area contributed by atoms with Gasteiger partial charge in [0.25, 0.3) is 0 Å². The number of nitrogens with one attached hydrogen (secondary N) is 1. The third-order valence-corrected chi connectivity index (χ3v) is 2.28. The van der Waals surface area contributed by atoms with Gasteiger partial charge in [0.1, 0.15) is 0 Å². The van der Waals surface area contributed by atoms with Gasteiger partial charge < -0.3 is 0 Å². The summed E-state index contributed by atoms with van der Waals surface area (Å²) in [6.07, 6.45) is 4.77. The maximum absolute atomic E-state index is 3.88. The minimum atomic E-state index is 0.986. The lowest BCUT2D eigenvalue weighted by Gasteiger charge is -1.89. The van der Waals surface area contributed by atoms with Gasteiger partial charge in [0, 0.05) is 12.6 Å². The summed E-state index contributed by atoms with van der Waals surface area (Å²) >= 11 is 1.73. The van der Waals surface area contributed by atoms with Crippen LogP contribution in [0.1, 0.15) is 11.1 Å². The SMILES string of the molecule is c1cc(Cc2cn[nH]c2)cs1. The van der Waals surface area contributed by atoms with Gasteiger partial charge in [-0.15, -0.1) is 0 Å². The highest BCUT2D eigenvalue weighted by molar-refractivity contribution is 7.07. The van der Waals surface area contributed by atoms with E-state index in [-0.39, 0.29) is 0 Å². The molecule has 2 nitrogen and oxygen atoms in total. The van der Waals surface area contributed by atoms with Gasteiger partial charge in [-0.05, 0) is 28.0 Å². The molecule has 0 aliphatic rings. The lowest BCUT2D eigenvalue weighted by molar-refractivity contribution is 1.09. The molecule has 2 aromatic rings. The summed E-state index contributed by atoms with van der Waals surface area (Å²) in [4.78, 5) is 0. The van der Waals surface area contributed by atoms with E-state index in [1.165, 1.54) is 11.1 Å². The molecule has 0 spiro atoms. The Hall–Kier alpha value is -1.09. The van der Waals surface area contributed by atoms with E-state index in [0.717, 1.165) is 6.42 Å². The molecule has 0 bridgehead atoms. The minimum Gasteiger partial charge on any atom is -0.285 e. The monoisotopic (exact) mass is 164 g/mol. The summed E-state index contributed by atoms with van der Waals surface area (Å²) in [6.45, 7) is 0. The number of rotatable bonds is 2. The summed E-state index contributed by atoms with van der Waals surface area (Å²) in [5.74, 6) is 0. The fraction of sp³-hybridized carbons (Fsp3) is 0.125. The third-order valence-electron chi connectivity index (χ3n) is 1.54. The van der Waals surface area contributed by atoms with E-state index in [9.17, 15) is 0 Å². The molecule has 0 saturated carbocycles. The Kier molecular flexibility index (Phi) is 1.73. The Morgan fingerprint density at radius 1 is 1.45 bits per heavy atom. The maximum Gasteiger partial charge on any atom is 0.0522 e. The van der Waals surface area contributed by atoms with Crippen LogP contribution in [0.25, 0.3) is 0 Å². The molecule has 2 aromatic heterocycles. The predicted octanol–water partition coefficient (Wildman–Crippen LogP) is 2.06. The fourth-order valence-corrected chi connectivity index (χ4v) is 1.67. The largest absolute Gasteiger partial charge is 0.285 e. The Morgan fingerprint density at radius 2 is 2.45 bits per heavy atom. The Morgan fingerprint density at radius 3 is 3.09 bits per heavy atom.